The van der Waals surface area contributed by atoms with Gasteiger partial charge in [-0.3, -0.25) is 0 Å². The first kappa shape index (κ1) is 11.7. The second kappa shape index (κ2) is 4.62. The molecule has 0 aliphatic rings. The molecule has 0 saturated heterocycles. The molecule has 2 rings (SSSR count). The topological polar surface area (TPSA) is 33.5 Å². The summed E-state index contributed by atoms with van der Waals surface area (Å²) in [6.07, 6.45) is 1.92. The van der Waals surface area contributed by atoms with E-state index in [0.29, 0.717) is 5.58 Å². The average Bonchev–Trinajstić information content (AvgIpc) is 2.28. The van der Waals surface area contributed by atoms with Crippen LogP contribution in [0.2, 0.25) is 0 Å². The molecule has 0 radical (unpaired) electrons. The van der Waals surface area contributed by atoms with E-state index in [-0.39, 0.29) is 5.63 Å². The number of fused-ring (bicyclic) bond motifs is 1. The third-order valence-corrected chi connectivity index (χ3v) is 2.85. The maximum absolute atomic E-state index is 11.4. The molecule has 0 spiro atoms. The quantitative estimate of drug-likeness (QED) is 0.762. The lowest BCUT2D eigenvalue weighted by atomic mass is 10.1. The molecule has 90 valence electrons. The van der Waals surface area contributed by atoms with Gasteiger partial charge < -0.3 is 9.32 Å². The molecular formula is C14H17NO2. The molecule has 3 nitrogen and oxygen atoms in total. The van der Waals surface area contributed by atoms with Crippen LogP contribution in [0, 0.1) is 0 Å². The summed E-state index contributed by atoms with van der Waals surface area (Å²) < 4.78 is 5.21. The fraction of sp³-hybridized carbons (Fsp3) is 0.357. The van der Waals surface area contributed by atoms with E-state index in [1.165, 1.54) is 0 Å². The Bertz CT molecular complexity index is 584. The Morgan fingerprint density at radius 1 is 1.24 bits per heavy atom. The van der Waals surface area contributed by atoms with Gasteiger partial charge in [0.05, 0.1) is 0 Å². The highest BCUT2D eigenvalue weighted by molar-refractivity contribution is 5.84. The minimum atomic E-state index is -0.265. The Labute approximate surface area is 101 Å². The van der Waals surface area contributed by atoms with Gasteiger partial charge in [-0.2, -0.15) is 0 Å². The fourth-order valence-corrected chi connectivity index (χ4v) is 1.97. The SMILES string of the molecule is CCCc1cc(=O)oc2ccc(N(C)C)cc12. The lowest BCUT2D eigenvalue weighted by molar-refractivity contribution is 0.558. The third-order valence-electron chi connectivity index (χ3n) is 2.85. The van der Waals surface area contributed by atoms with Crippen molar-refractivity contribution in [1.82, 2.24) is 0 Å². The van der Waals surface area contributed by atoms with Crippen LogP contribution < -0.4 is 10.5 Å². The first-order valence-electron chi connectivity index (χ1n) is 5.86. The Morgan fingerprint density at radius 3 is 2.65 bits per heavy atom. The summed E-state index contributed by atoms with van der Waals surface area (Å²) in [5.74, 6) is 0. The van der Waals surface area contributed by atoms with Crippen molar-refractivity contribution >= 4 is 16.7 Å². The summed E-state index contributed by atoms with van der Waals surface area (Å²) in [6, 6.07) is 7.50. The molecule has 2 aromatic rings. The molecular weight excluding hydrogens is 214 g/mol. The van der Waals surface area contributed by atoms with Gasteiger partial charge in [-0.05, 0) is 30.2 Å². The lowest BCUT2D eigenvalue weighted by Gasteiger charge is -2.13. The van der Waals surface area contributed by atoms with Crippen molar-refractivity contribution in [2.24, 2.45) is 0 Å². The second-order valence-electron chi connectivity index (χ2n) is 4.42. The summed E-state index contributed by atoms with van der Waals surface area (Å²) in [5, 5.41) is 1.04. The molecule has 3 heteroatoms. The standard InChI is InChI=1S/C14H17NO2/c1-4-5-10-8-14(16)17-13-7-6-11(15(2)3)9-12(10)13/h6-9H,4-5H2,1-3H3. The van der Waals surface area contributed by atoms with Gasteiger partial charge in [0.25, 0.3) is 0 Å². The molecule has 0 aliphatic heterocycles. The number of hydrogen-bond donors (Lipinski definition) is 0. The molecule has 0 fully saturated rings. The van der Waals surface area contributed by atoms with Crippen molar-refractivity contribution in [1.29, 1.82) is 0 Å². The fourth-order valence-electron chi connectivity index (χ4n) is 1.97. The number of aryl methyl sites for hydroxylation is 1. The summed E-state index contributed by atoms with van der Waals surface area (Å²) in [6.45, 7) is 2.11. The maximum atomic E-state index is 11.4. The van der Waals surface area contributed by atoms with E-state index in [4.69, 9.17) is 4.42 Å². The van der Waals surface area contributed by atoms with E-state index in [9.17, 15) is 4.79 Å². The molecule has 0 amide bonds. The number of anilines is 1. The van der Waals surface area contributed by atoms with Crippen LogP contribution in [0.5, 0.6) is 0 Å². The Morgan fingerprint density at radius 2 is 2.00 bits per heavy atom. The number of benzene rings is 1. The highest BCUT2D eigenvalue weighted by atomic mass is 16.4. The Hall–Kier alpha value is -1.77. The first-order valence-corrected chi connectivity index (χ1v) is 5.86. The minimum Gasteiger partial charge on any atom is -0.423 e. The van der Waals surface area contributed by atoms with Gasteiger partial charge in [0.15, 0.2) is 0 Å². The largest absolute Gasteiger partial charge is 0.423 e. The van der Waals surface area contributed by atoms with Crippen LogP contribution in [0.3, 0.4) is 0 Å². The summed E-state index contributed by atoms with van der Waals surface area (Å²) in [7, 11) is 4.00. The van der Waals surface area contributed by atoms with E-state index >= 15 is 0 Å². The molecule has 0 bridgehead atoms. The zero-order chi connectivity index (χ0) is 12.4. The van der Waals surface area contributed by atoms with Crippen LogP contribution in [0.25, 0.3) is 11.0 Å². The van der Waals surface area contributed by atoms with Crippen LogP contribution in [0.1, 0.15) is 18.9 Å². The average molecular weight is 231 g/mol. The van der Waals surface area contributed by atoms with Gasteiger partial charge in [-0.15, -0.1) is 0 Å². The Kier molecular flexibility index (Phi) is 3.18. The van der Waals surface area contributed by atoms with Gasteiger partial charge in [-0.25, -0.2) is 4.79 Å². The van der Waals surface area contributed by atoms with Crippen molar-refractivity contribution in [3.63, 3.8) is 0 Å². The monoisotopic (exact) mass is 231 g/mol. The van der Waals surface area contributed by atoms with Gasteiger partial charge in [0.2, 0.25) is 0 Å². The van der Waals surface area contributed by atoms with Crippen molar-refractivity contribution in [3.05, 3.63) is 40.2 Å². The van der Waals surface area contributed by atoms with Crippen molar-refractivity contribution < 1.29 is 4.42 Å². The van der Waals surface area contributed by atoms with E-state index in [0.717, 1.165) is 29.5 Å². The summed E-state index contributed by atoms with van der Waals surface area (Å²) >= 11 is 0. The first-order chi connectivity index (χ1) is 8.11. The molecule has 1 aromatic heterocycles. The van der Waals surface area contributed by atoms with Gasteiger partial charge in [0.1, 0.15) is 5.58 Å². The zero-order valence-electron chi connectivity index (χ0n) is 10.5. The third kappa shape index (κ3) is 2.33. The second-order valence-corrected chi connectivity index (χ2v) is 4.42. The lowest BCUT2D eigenvalue weighted by Crippen LogP contribution is -2.09. The van der Waals surface area contributed by atoms with Crippen LogP contribution in [0.15, 0.2) is 33.5 Å². The molecule has 1 heterocycles. The predicted molar refractivity (Wildman–Crippen MR) is 70.8 cm³/mol. The zero-order valence-corrected chi connectivity index (χ0v) is 10.5. The maximum Gasteiger partial charge on any atom is 0.336 e. The van der Waals surface area contributed by atoms with Crippen LogP contribution in [-0.2, 0) is 6.42 Å². The molecule has 1 aromatic carbocycles. The highest BCUT2D eigenvalue weighted by Crippen LogP contribution is 2.23. The molecule has 0 atom stereocenters. The molecule has 0 aliphatic carbocycles. The van der Waals surface area contributed by atoms with Gasteiger partial charge >= 0.3 is 5.63 Å². The van der Waals surface area contributed by atoms with E-state index < -0.39 is 0 Å². The highest BCUT2D eigenvalue weighted by Gasteiger charge is 2.06. The van der Waals surface area contributed by atoms with Crippen molar-refractivity contribution in [2.45, 2.75) is 19.8 Å². The molecule has 17 heavy (non-hydrogen) atoms. The normalized spacial score (nSPS) is 10.8. The van der Waals surface area contributed by atoms with E-state index in [1.54, 1.807) is 6.07 Å². The van der Waals surface area contributed by atoms with Gasteiger partial charge in [0, 0.05) is 31.2 Å². The Balaban J connectivity index is 2.68. The molecule has 0 saturated carbocycles. The predicted octanol–water partition coefficient (Wildman–Crippen LogP) is 2.81. The molecule has 0 unspecified atom stereocenters. The molecule has 0 N–H and O–H groups in total. The van der Waals surface area contributed by atoms with Gasteiger partial charge in [-0.1, -0.05) is 13.3 Å². The van der Waals surface area contributed by atoms with E-state index in [1.807, 2.05) is 31.1 Å². The number of rotatable bonds is 3. The number of hydrogen-bond acceptors (Lipinski definition) is 3. The van der Waals surface area contributed by atoms with E-state index in [2.05, 4.69) is 13.0 Å². The van der Waals surface area contributed by atoms with Crippen LogP contribution in [0.4, 0.5) is 5.69 Å². The number of nitrogens with zero attached hydrogens (tertiary/aromatic N) is 1. The smallest absolute Gasteiger partial charge is 0.336 e. The summed E-state index contributed by atoms with van der Waals surface area (Å²) in [4.78, 5) is 13.5. The van der Waals surface area contributed by atoms with Crippen molar-refractivity contribution in [2.75, 3.05) is 19.0 Å². The minimum absolute atomic E-state index is 0.265. The van der Waals surface area contributed by atoms with Crippen LogP contribution in [-0.4, -0.2) is 14.1 Å². The summed E-state index contributed by atoms with van der Waals surface area (Å²) in [5.41, 5.74) is 2.59. The van der Waals surface area contributed by atoms with Crippen LogP contribution >= 0.6 is 0 Å². The van der Waals surface area contributed by atoms with Crippen molar-refractivity contribution in [3.8, 4) is 0 Å².